The molecule has 2 heterocycles. The molecule has 2 rings (SSSR count). The highest BCUT2D eigenvalue weighted by Crippen LogP contribution is 2.19. The molecule has 0 radical (unpaired) electrons. The Morgan fingerprint density at radius 3 is 2.89 bits per heavy atom. The van der Waals surface area contributed by atoms with Crippen LogP contribution in [0.2, 0.25) is 0 Å². The van der Waals surface area contributed by atoms with Crippen LogP contribution in [0.25, 0.3) is 0 Å². The van der Waals surface area contributed by atoms with Crippen molar-refractivity contribution in [1.29, 1.82) is 0 Å². The summed E-state index contributed by atoms with van der Waals surface area (Å²) in [7, 11) is -3.74. The lowest BCUT2D eigenvalue weighted by Crippen LogP contribution is -2.28. The number of aromatic amines is 1. The van der Waals surface area contributed by atoms with Crippen LogP contribution in [0.4, 0.5) is 0 Å². The summed E-state index contributed by atoms with van der Waals surface area (Å²) in [5.74, 6) is 0.533. The maximum absolute atomic E-state index is 12.2. The van der Waals surface area contributed by atoms with Gasteiger partial charge in [-0.2, -0.15) is 9.82 Å². The van der Waals surface area contributed by atoms with E-state index < -0.39 is 16.1 Å². The Kier molecular flexibility index (Phi) is 3.74. The molecule has 2 aromatic rings. The predicted octanol–water partition coefficient (Wildman–Crippen LogP) is 0.809. The first-order valence-electron chi connectivity index (χ1n) is 5.75. The van der Waals surface area contributed by atoms with Crippen molar-refractivity contribution < 1.29 is 12.8 Å². The Balaban J connectivity index is 2.28. The van der Waals surface area contributed by atoms with E-state index in [1.165, 1.54) is 6.26 Å². The lowest BCUT2D eigenvalue weighted by atomic mass is 10.3. The molecular weight excluding hydrogens is 268 g/mol. The summed E-state index contributed by atoms with van der Waals surface area (Å²) in [5.41, 5.74) is 6.68. The fourth-order valence-corrected chi connectivity index (χ4v) is 3.20. The smallest absolute Gasteiger partial charge is 0.260 e. The molecular formula is C11H16N4O3S. The van der Waals surface area contributed by atoms with E-state index >= 15 is 0 Å². The minimum Gasteiger partial charge on any atom is -0.468 e. The van der Waals surface area contributed by atoms with Crippen LogP contribution < -0.4 is 10.5 Å². The SMILES string of the molecule is Cc1[nH]nc(S(=O)(=O)NC(C)c2ccco2)c1CN. The molecule has 4 N–H and O–H groups in total. The van der Waals surface area contributed by atoms with Crippen LogP contribution in [-0.2, 0) is 16.6 Å². The van der Waals surface area contributed by atoms with E-state index in [-0.39, 0.29) is 11.6 Å². The second-order valence-electron chi connectivity index (χ2n) is 4.19. The Labute approximate surface area is 111 Å². The average molecular weight is 284 g/mol. The minimum absolute atomic E-state index is 0.0640. The van der Waals surface area contributed by atoms with Crippen molar-refractivity contribution in [2.75, 3.05) is 0 Å². The van der Waals surface area contributed by atoms with Crippen molar-refractivity contribution in [2.45, 2.75) is 31.5 Å². The summed E-state index contributed by atoms with van der Waals surface area (Å²) in [4.78, 5) is 0. The Morgan fingerprint density at radius 1 is 1.58 bits per heavy atom. The summed E-state index contributed by atoms with van der Waals surface area (Å²) < 4.78 is 32.1. The first-order chi connectivity index (χ1) is 8.95. The second-order valence-corrected chi connectivity index (χ2v) is 5.82. The van der Waals surface area contributed by atoms with Crippen LogP contribution >= 0.6 is 0 Å². The third-order valence-electron chi connectivity index (χ3n) is 2.80. The molecule has 0 amide bonds. The molecule has 0 bridgehead atoms. The summed E-state index contributed by atoms with van der Waals surface area (Å²) in [6.45, 7) is 3.52. The van der Waals surface area contributed by atoms with Gasteiger partial charge in [0.1, 0.15) is 5.76 Å². The van der Waals surface area contributed by atoms with Crippen molar-refractivity contribution in [1.82, 2.24) is 14.9 Å². The van der Waals surface area contributed by atoms with E-state index in [4.69, 9.17) is 10.2 Å². The number of aryl methyl sites for hydroxylation is 1. The zero-order valence-electron chi connectivity index (χ0n) is 10.7. The first kappa shape index (κ1) is 13.8. The van der Waals surface area contributed by atoms with Gasteiger partial charge >= 0.3 is 0 Å². The van der Waals surface area contributed by atoms with Gasteiger partial charge in [0, 0.05) is 17.8 Å². The Hall–Kier alpha value is -1.64. The fraction of sp³-hybridized carbons (Fsp3) is 0.364. The van der Waals surface area contributed by atoms with Crippen molar-refractivity contribution in [3.8, 4) is 0 Å². The third-order valence-corrected chi connectivity index (χ3v) is 4.31. The van der Waals surface area contributed by atoms with Gasteiger partial charge in [0.25, 0.3) is 10.0 Å². The minimum atomic E-state index is -3.74. The molecule has 19 heavy (non-hydrogen) atoms. The molecule has 1 unspecified atom stereocenters. The molecule has 7 nitrogen and oxygen atoms in total. The highest BCUT2D eigenvalue weighted by atomic mass is 32.2. The Morgan fingerprint density at radius 2 is 2.32 bits per heavy atom. The van der Waals surface area contributed by atoms with Crippen LogP contribution in [0.15, 0.2) is 27.8 Å². The van der Waals surface area contributed by atoms with Gasteiger partial charge in [0.05, 0.1) is 12.3 Å². The zero-order chi connectivity index (χ0) is 14.0. The lowest BCUT2D eigenvalue weighted by Gasteiger charge is -2.11. The summed E-state index contributed by atoms with van der Waals surface area (Å²) in [6, 6.07) is 2.92. The first-order valence-corrected chi connectivity index (χ1v) is 7.23. The van der Waals surface area contributed by atoms with E-state index in [2.05, 4.69) is 14.9 Å². The summed E-state index contributed by atoms with van der Waals surface area (Å²) in [5, 5.41) is 6.37. The maximum atomic E-state index is 12.2. The standard InChI is InChI=1S/C11H16N4O3S/c1-7-9(6-12)11(14-13-7)19(16,17)15-8(2)10-4-3-5-18-10/h3-5,8,15H,6,12H2,1-2H3,(H,13,14). The monoisotopic (exact) mass is 284 g/mol. The molecule has 1 atom stereocenters. The number of nitrogens with one attached hydrogen (secondary N) is 2. The molecule has 0 spiro atoms. The van der Waals surface area contributed by atoms with Gasteiger partial charge in [0.15, 0.2) is 5.03 Å². The van der Waals surface area contributed by atoms with Crippen LogP contribution in [0.5, 0.6) is 0 Å². The van der Waals surface area contributed by atoms with Crippen LogP contribution in [0.3, 0.4) is 0 Å². The molecule has 0 aromatic carbocycles. The third kappa shape index (κ3) is 2.70. The maximum Gasteiger partial charge on any atom is 0.260 e. The largest absolute Gasteiger partial charge is 0.468 e. The normalized spacial score (nSPS) is 13.6. The van der Waals surface area contributed by atoms with Gasteiger partial charge in [0.2, 0.25) is 0 Å². The number of nitrogens with zero attached hydrogens (tertiary/aromatic N) is 1. The summed E-state index contributed by atoms with van der Waals surface area (Å²) in [6.07, 6.45) is 1.49. The van der Waals surface area contributed by atoms with Crippen molar-refractivity contribution in [2.24, 2.45) is 5.73 Å². The Bertz CT molecular complexity index is 646. The topological polar surface area (TPSA) is 114 Å². The van der Waals surface area contributed by atoms with Gasteiger partial charge in [-0.25, -0.2) is 8.42 Å². The number of hydrogen-bond donors (Lipinski definition) is 3. The number of H-pyrrole nitrogens is 1. The highest BCUT2D eigenvalue weighted by Gasteiger charge is 2.26. The average Bonchev–Trinajstić information content (AvgIpc) is 2.96. The zero-order valence-corrected chi connectivity index (χ0v) is 11.5. The molecule has 8 heteroatoms. The lowest BCUT2D eigenvalue weighted by molar-refractivity contribution is 0.458. The molecule has 0 fully saturated rings. The van der Waals surface area contributed by atoms with E-state index in [9.17, 15) is 8.42 Å². The van der Waals surface area contributed by atoms with E-state index in [1.807, 2.05) is 0 Å². The number of furan rings is 1. The van der Waals surface area contributed by atoms with E-state index in [0.717, 1.165) is 0 Å². The van der Waals surface area contributed by atoms with Crippen LogP contribution in [-0.4, -0.2) is 18.6 Å². The second kappa shape index (κ2) is 5.16. The van der Waals surface area contributed by atoms with Gasteiger partial charge in [-0.1, -0.05) is 0 Å². The van der Waals surface area contributed by atoms with E-state index in [0.29, 0.717) is 17.0 Å². The number of rotatable bonds is 5. The van der Waals surface area contributed by atoms with Crippen molar-refractivity contribution >= 4 is 10.0 Å². The van der Waals surface area contributed by atoms with Crippen LogP contribution in [0.1, 0.15) is 30.0 Å². The molecule has 2 aromatic heterocycles. The molecule has 0 saturated carbocycles. The van der Waals surface area contributed by atoms with Crippen LogP contribution in [0, 0.1) is 6.92 Å². The number of aromatic nitrogens is 2. The fourth-order valence-electron chi connectivity index (χ4n) is 1.78. The predicted molar refractivity (Wildman–Crippen MR) is 68.7 cm³/mol. The van der Waals surface area contributed by atoms with E-state index in [1.54, 1.807) is 26.0 Å². The summed E-state index contributed by atoms with van der Waals surface area (Å²) >= 11 is 0. The van der Waals surface area contributed by atoms with Gasteiger partial charge in [-0.3, -0.25) is 5.10 Å². The number of sulfonamides is 1. The van der Waals surface area contributed by atoms with Gasteiger partial charge in [-0.15, -0.1) is 0 Å². The quantitative estimate of drug-likeness (QED) is 0.751. The van der Waals surface area contributed by atoms with Crippen molar-refractivity contribution in [3.05, 3.63) is 35.4 Å². The molecule has 104 valence electrons. The highest BCUT2D eigenvalue weighted by molar-refractivity contribution is 7.89. The molecule has 0 aliphatic rings. The van der Waals surface area contributed by atoms with Gasteiger partial charge < -0.3 is 10.2 Å². The number of hydrogen-bond acceptors (Lipinski definition) is 5. The van der Waals surface area contributed by atoms with Crippen molar-refractivity contribution in [3.63, 3.8) is 0 Å². The molecule has 0 aliphatic carbocycles. The molecule has 0 aliphatic heterocycles. The van der Waals surface area contributed by atoms with Gasteiger partial charge in [-0.05, 0) is 26.0 Å². The molecule has 0 saturated heterocycles. The number of nitrogens with two attached hydrogens (primary N) is 1.